The van der Waals surface area contributed by atoms with Gasteiger partial charge in [0.2, 0.25) is 0 Å². The van der Waals surface area contributed by atoms with Crippen LogP contribution in [0.25, 0.3) is 0 Å². The molecule has 1 aliphatic rings. The zero-order chi connectivity index (χ0) is 16.1. The number of anilines is 1. The molecular formula is C18H18ClN3O. The molecule has 5 heteroatoms. The Hall–Kier alpha value is -2.33. The summed E-state index contributed by atoms with van der Waals surface area (Å²) in [6.45, 7) is 2.18. The highest BCUT2D eigenvalue weighted by Gasteiger charge is 2.12. The van der Waals surface area contributed by atoms with E-state index in [9.17, 15) is 4.79 Å². The maximum Gasteiger partial charge on any atom is 0.271 e. The summed E-state index contributed by atoms with van der Waals surface area (Å²) < 4.78 is 0. The smallest absolute Gasteiger partial charge is 0.271 e. The van der Waals surface area contributed by atoms with Crippen LogP contribution in [0.5, 0.6) is 0 Å². The molecule has 0 saturated carbocycles. The zero-order valence-corrected chi connectivity index (χ0v) is 13.5. The van der Waals surface area contributed by atoms with Crippen molar-refractivity contribution in [3.8, 4) is 0 Å². The average Bonchev–Trinajstić information content (AvgIpc) is 3.11. The van der Waals surface area contributed by atoms with Crippen molar-refractivity contribution in [1.82, 2.24) is 5.43 Å². The molecule has 0 bridgehead atoms. The number of hydrogen-bond donors (Lipinski definition) is 1. The number of nitrogens with one attached hydrogen (secondary N) is 1. The molecule has 2 aromatic rings. The number of hydrazone groups is 1. The van der Waals surface area contributed by atoms with Crippen LogP contribution < -0.4 is 10.3 Å². The summed E-state index contributed by atoms with van der Waals surface area (Å²) in [6, 6.07) is 15.0. The first-order valence-corrected chi connectivity index (χ1v) is 8.05. The van der Waals surface area contributed by atoms with Gasteiger partial charge in [0, 0.05) is 34.9 Å². The molecule has 1 aliphatic heterocycles. The molecule has 1 fully saturated rings. The molecule has 1 saturated heterocycles. The maximum absolute atomic E-state index is 12.1. The van der Waals surface area contributed by atoms with Gasteiger partial charge in [0.25, 0.3) is 5.91 Å². The first-order chi connectivity index (χ1) is 11.2. The van der Waals surface area contributed by atoms with Gasteiger partial charge in [0.15, 0.2) is 0 Å². The second kappa shape index (κ2) is 7.29. The molecule has 0 spiro atoms. The van der Waals surface area contributed by atoms with Gasteiger partial charge in [0.1, 0.15) is 0 Å². The SMILES string of the molecule is O=C(N/N=C\c1ccccc1Cl)c1ccc(N2CCCC2)cc1. The van der Waals surface area contributed by atoms with E-state index in [4.69, 9.17) is 11.6 Å². The van der Waals surface area contributed by atoms with E-state index in [1.54, 1.807) is 12.3 Å². The first kappa shape index (κ1) is 15.6. The summed E-state index contributed by atoms with van der Waals surface area (Å²) in [6.07, 6.45) is 4.01. The Morgan fingerprint density at radius 1 is 1.09 bits per heavy atom. The van der Waals surface area contributed by atoms with E-state index in [-0.39, 0.29) is 5.91 Å². The highest BCUT2D eigenvalue weighted by Crippen LogP contribution is 2.20. The van der Waals surface area contributed by atoms with Crippen molar-refractivity contribution >= 4 is 29.4 Å². The molecular weight excluding hydrogens is 310 g/mol. The molecule has 1 heterocycles. The van der Waals surface area contributed by atoms with Gasteiger partial charge in [-0.3, -0.25) is 4.79 Å². The van der Waals surface area contributed by atoms with Gasteiger partial charge in [0.05, 0.1) is 6.21 Å². The third kappa shape index (κ3) is 3.90. The van der Waals surface area contributed by atoms with Crippen LogP contribution in [0.4, 0.5) is 5.69 Å². The number of amides is 1. The number of benzene rings is 2. The summed E-state index contributed by atoms with van der Waals surface area (Å²) in [4.78, 5) is 14.4. The van der Waals surface area contributed by atoms with E-state index in [0.29, 0.717) is 10.6 Å². The van der Waals surface area contributed by atoms with Gasteiger partial charge in [-0.15, -0.1) is 0 Å². The molecule has 23 heavy (non-hydrogen) atoms. The highest BCUT2D eigenvalue weighted by molar-refractivity contribution is 6.33. The molecule has 1 N–H and O–H groups in total. The molecule has 0 radical (unpaired) electrons. The summed E-state index contributed by atoms with van der Waals surface area (Å²) in [5.74, 6) is -0.235. The lowest BCUT2D eigenvalue weighted by Crippen LogP contribution is -2.19. The summed E-state index contributed by atoms with van der Waals surface area (Å²) in [7, 11) is 0. The van der Waals surface area contributed by atoms with Gasteiger partial charge in [-0.2, -0.15) is 5.10 Å². The van der Waals surface area contributed by atoms with Crippen LogP contribution in [0.15, 0.2) is 53.6 Å². The lowest BCUT2D eigenvalue weighted by Gasteiger charge is -2.17. The van der Waals surface area contributed by atoms with Crippen molar-refractivity contribution in [3.05, 3.63) is 64.7 Å². The molecule has 4 nitrogen and oxygen atoms in total. The first-order valence-electron chi connectivity index (χ1n) is 7.67. The number of halogens is 1. The molecule has 1 amide bonds. The van der Waals surface area contributed by atoms with Crippen molar-refractivity contribution in [2.75, 3.05) is 18.0 Å². The maximum atomic E-state index is 12.1. The fraction of sp³-hybridized carbons (Fsp3) is 0.222. The average molecular weight is 328 g/mol. The van der Waals surface area contributed by atoms with Crippen LogP contribution >= 0.6 is 11.6 Å². The van der Waals surface area contributed by atoms with E-state index in [1.165, 1.54) is 18.5 Å². The number of carbonyl (C=O) groups is 1. The molecule has 0 aliphatic carbocycles. The van der Waals surface area contributed by atoms with Gasteiger partial charge < -0.3 is 4.90 Å². The number of rotatable bonds is 4. The summed E-state index contributed by atoms with van der Waals surface area (Å²) in [5, 5.41) is 4.56. The van der Waals surface area contributed by atoms with Crippen LogP contribution in [0.3, 0.4) is 0 Å². The lowest BCUT2D eigenvalue weighted by atomic mass is 10.2. The molecule has 0 atom stereocenters. The van der Waals surface area contributed by atoms with Crippen LogP contribution in [0.2, 0.25) is 5.02 Å². The Balaban J connectivity index is 1.61. The Bertz CT molecular complexity index is 706. The van der Waals surface area contributed by atoms with E-state index in [0.717, 1.165) is 18.7 Å². The monoisotopic (exact) mass is 327 g/mol. The minimum Gasteiger partial charge on any atom is -0.372 e. The quantitative estimate of drug-likeness (QED) is 0.687. The second-order valence-electron chi connectivity index (χ2n) is 5.46. The Morgan fingerprint density at radius 2 is 1.78 bits per heavy atom. The standard InChI is InChI=1S/C18H18ClN3O/c19-17-6-2-1-5-15(17)13-20-21-18(23)14-7-9-16(10-8-14)22-11-3-4-12-22/h1-2,5-10,13H,3-4,11-12H2,(H,21,23)/b20-13-. The van der Waals surface area contributed by atoms with E-state index in [2.05, 4.69) is 15.4 Å². The van der Waals surface area contributed by atoms with Crippen LogP contribution in [-0.2, 0) is 0 Å². The number of hydrogen-bond acceptors (Lipinski definition) is 3. The second-order valence-corrected chi connectivity index (χ2v) is 5.87. The minimum atomic E-state index is -0.235. The third-order valence-corrected chi connectivity index (χ3v) is 4.22. The van der Waals surface area contributed by atoms with Gasteiger partial charge in [-0.25, -0.2) is 5.43 Å². The zero-order valence-electron chi connectivity index (χ0n) is 12.7. The molecule has 0 unspecified atom stereocenters. The van der Waals surface area contributed by atoms with Crippen LogP contribution in [-0.4, -0.2) is 25.2 Å². The molecule has 118 valence electrons. The van der Waals surface area contributed by atoms with Crippen molar-refractivity contribution < 1.29 is 4.79 Å². The normalized spacial score (nSPS) is 14.4. The van der Waals surface area contributed by atoms with Crippen molar-refractivity contribution in [1.29, 1.82) is 0 Å². The topological polar surface area (TPSA) is 44.7 Å². The van der Waals surface area contributed by atoms with Gasteiger partial charge in [-0.05, 0) is 43.2 Å². The van der Waals surface area contributed by atoms with E-state index in [1.807, 2.05) is 42.5 Å². The largest absolute Gasteiger partial charge is 0.372 e. The number of carbonyl (C=O) groups excluding carboxylic acids is 1. The Morgan fingerprint density at radius 3 is 2.48 bits per heavy atom. The predicted molar refractivity (Wildman–Crippen MR) is 94.4 cm³/mol. The summed E-state index contributed by atoms with van der Waals surface area (Å²) >= 11 is 6.03. The highest BCUT2D eigenvalue weighted by atomic mass is 35.5. The van der Waals surface area contributed by atoms with Gasteiger partial charge in [-0.1, -0.05) is 29.8 Å². The molecule has 3 rings (SSSR count). The predicted octanol–water partition coefficient (Wildman–Crippen LogP) is 3.70. The third-order valence-electron chi connectivity index (χ3n) is 3.88. The van der Waals surface area contributed by atoms with Crippen molar-refractivity contribution in [3.63, 3.8) is 0 Å². The van der Waals surface area contributed by atoms with Crippen LogP contribution in [0.1, 0.15) is 28.8 Å². The van der Waals surface area contributed by atoms with Crippen molar-refractivity contribution in [2.24, 2.45) is 5.10 Å². The van der Waals surface area contributed by atoms with E-state index < -0.39 is 0 Å². The number of nitrogens with zero attached hydrogens (tertiary/aromatic N) is 2. The van der Waals surface area contributed by atoms with E-state index >= 15 is 0 Å². The fourth-order valence-corrected chi connectivity index (χ4v) is 2.79. The molecule has 2 aromatic carbocycles. The van der Waals surface area contributed by atoms with Gasteiger partial charge >= 0.3 is 0 Å². The Kier molecular flexibility index (Phi) is 4.93. The summed E-state index contributed by atoms with van der Waals surface area (Å²) in [5.41, 5.74) is 5.04. The molecule has 0 aromatic heterocycles. The fourth-order valence-electron chi connectivity index (χ4n) is 2.60. The lowest BCUT2D eigenvalue weighted by molar-refractivity contribution is 0.0955. The Labute approximate surface area is 140 Å². The van der Waals surface area contributed by atoms with Crippen molar-refractivity contribution in [2.45, 2.75) is 12.8 Å². The van der Waals surface area contributed by atoms with Crippen LogP contribution in [0, 0.1) is 0 Å². The minimum absolute atomic E-state index is 0.235.